The van der Waals surface area contributed by atoms with Crippen molar-refractivity contribution < 1.29 is 32.3 Å². The molecule has 2 heterocycles. The van der Waals surface area contributed by atoms with Crippen molar-refractivity contribution in [1.29, 1.82) is 0 Å². The normalized spacial score (nSPS) is 16.8. The topological polar surface area (TPSA) is 70.0 Å². The Hall–Kier alpha value is -3.10. The molecule has 9 heteroatoms. The van der Waals surface area contributed by atoms with Crippen LogP contribution in [0.2, 0.25) is 0 Å². The van der Waals surface area contributed by atoms with Crippen LogP contribution in [-0.2, 0) is 33.6 Å². The average Bonchev–Trinajstić information content (AvgIpc) is 3.12. The summed E-state index contributed by atoms with van der Waals surface area (Å²) in [5, 5.41) is 3.80. The highest BCUT2D eigenvalue weighted by molar-refractivity contribution is 5.71. The van der Waals surface area contributed by atoms with E-state index in [0.717, 1.165) is 17.7 Å². The molecule has 1 atom stereocenters. The van der Waals surface area contributed by atoms with Crippen LogP contribution in [0.4, 0.5) is 13.2 Å². The number of rotatable bonds is 8. The summed E-state index contributed by atoms with van der Waals surface area (Å²) >= 11 is 0. The van der Waals surface area contributed by atoms with Gasteiger partial charge in [0.2, 0.25) is 5.88 Å². The minimum Gasteiger partial charge on any atom is -0.474 e. The van der Waals surface area contributed by atoms with Crippen LogP contribution in [0.5, 0.6) is 5.88 Å². The number of hydrogen-bond donors (Lipinski definition) is 0. The van der Waals surface area contributed by atoms with Crippen molar-refractivity contribution in [3.05, 3.63) is 59.3 Å². The first-order valence-electron chi connectivity index (χ1n) is 8.97. The number of ether oxygens (including phenoxy) is 2. The van der Waals surface area contributed by atoms with Crippen LogP contribution < -0.4 is 4.74 Å². The van der Waals surface area contributed by atoms with Gasteiger partial charge in [-0.05, 0) is 29.7 Å². The fourth-order valence-corrected chi connectivity index (χ4v) is 2.59. The van der Waals surface area contributed by atoms with E-state index in [-0.39, 0.29) is 25.3 Å². The molecule has 2 aromatic rings. The van der Waals surface area contributed by atoms with E-state index in [1.54, 1.807) is 18.5 Å². The lowest BCUT2D eigenvalue weighted by Crippen LogP contribution is -2.17. The number of hydrogen-bond acceptors (Lipinski definition) is 6. The van der Waals surface area contributed by atoms with Gasteiger partial charge in [0.05, 0.1) is 5.56 Å². The van der Waals surface area contributed by atoms with Gasteiger partial charge in [-0.3, -0.25) is 4.79 Å². The standard InChI is InChI=1S/C20H19F3N2O4/c21-20(22,23)16-4-1-15(2-5-16)12-28-25-10-9-14-3-7-18(24-11-14)27-13-17-6-8-19(26)29-17/h1-5,7,10-11,17H,6,8-9,12-13H2. The zero-order valence-electron chi connectivity index (χ0n) is 15.4. The summed E-state index contributed by atoms with van der Waals surface area (Å²) in [5.74, 6) is 0.230. The van der Waals surface area contributed by atoms with Gasteiger partial charge in [-0.2, -0.15) is 13.2 Å². The number of esters is 1. The number of oxime groups is 1. The largest absolute Gasteiger partial charge is 0.474 e. The van der Waals surface area contributed by atoms with Gasteiger partial charge in [0, 0.05) is 31.3 Å². The number of carbonyl (C=O) groups excluding carboxylic acids is 1. The third-order valence-corrected chi connectivity index (χ3v) is 4.17. The fraction of sp³-hybridized carbons (Fsp3) is 0.350. The maximum absolute atomic E-state index is 12.5. The van der Waals surface area contributed by atoms with Crippen molar-refractivity contribution in [1.82, 2.24) is 4.98 Å². The van der Waals surface area contributed by atoms with Crippen molar-refractivity contribution in [3.63, 3.8) is 0 Å². The predicted molar refractivity (Wildman–Crippen MR) is 97.3 cm³/mol. The van der Waals surface area contributed by atoms with Crippen molar-refractivity contribution in [2.75, 3.05) is 6.61 Å². The van der Waals surface area contributed by atoms with Gasteiger partial charge >= 0.3 is 12.1 Å². The van der Waals surface area contributed by atoms with E-state index in [2.05, 4.69) is 10.1 Å². The maximum atomic E-state index is 12.5. The molecular formula is C20H19F3N2O4. The van der Waals surface area contributed by atoms with E-state index in [1.165, 1.54) is 12.1 Å². The Bertz CT molecular complexity index is 836. The Morgan fingerprint density at radius 1 is 1.17 bits per heavy atom. The van der Waals surface area contributed by atoms with Crippen LogP contribution in [-0.4, -0.2) is 29.9 Å². The molecule has 1 aliphatic rings. The molecule has 1 aromatic carbocycles. The number of pyridine rings is 1. The summed E-state index contributed by atoms with van der Waals surface area (Å²) in [6, 6.07) is 8.26. The number of benzene rings is 1. The Kier molecular flexibility index (Phi) is 6.69. The summed E-state index contributed by atoms with van der Waals surface area (Å²) in [7, 11) is 0. The molecule has 6 nitrogen and oxygen atoms in total. The monoisotopic (exact) mass is 408 g/mol. The molecule has 0 saturated carbocycles. The Labute approximate surface area is 165 Å². The average molecular weight is 408 g/mol. The zero-order valence-corrected chi connectivity index (χ0v) is 15.4. The Morgan fingerprint density at radius 2 is 1.93 bits per heavy atom. The first-order chi connectivity index (χ1) is 13.9. The minimum atomic E-state index is -4.35. The Morgan fingerprint density at radius 3 is 2.55 bits per heavy atom. The number of halogens is 3. The molecule has 0 spiro atoms. The van der Waals surface area contributed by atoms with Crippen molar-refractivity contribution in [3.8, 4) is 5.88 Å². The van der Waals surface area contributed by atoms with Gasteiger partial charge in [0.25, 0.3) is 0 Å². The highest BCUT2D eigenvalue weighted by atomic mass is 19.4. The molecule has 0 radical (unpaired) electrons. The summed E-state index contributed by atoms with van der Waals surface area (Å²) in [6.45, 7) is 0.350. The van der Waals surface area contributed by atoms with Gasteiger partial charge in [0.1, 0.15) is 19.3 Å². The van der Waals surface area contributed by atoms with Crippen molar-refractivity contribution in [2.24, 2.45) is 5.16 Å². The smallest absolute Gasteiger partial charge is 0.416 e. The Balaban J connectivity index is 1.37. The second-order valence-corrected chi connectivity index (χ2v) is 6.43. The number of carbonyl (C=O) groups is 1. The summed E-state index contributed by atoms with van der Waals surface area (Å²) < 4.78 is 48.1. The first kappa shape index (κ1) is 20.6. The molecule has 0 bridgehead atoms. The lowest BCUT2D eigenvalue weighted by molar-refractivity contribution is -0.142. The van der Waals surface area contributed by atoms with E-state index >= 15 is 0 Å². The fourth-order valence-electron chi connectivity index (χ4n) is 2.59. The third kappa shape index (κ3) is 6.48. The molecule has 1 fully saturated rings. The van der Waals surface area contributed by atoms with Gasteiger partial charge in [0.15, 0.2) is 0 Å². The second-order valence-electron chi connectivity index (χ2n) is 6.43. The van der Waals surface area contributed by atoms with Crippen molar-refractivity contribution in [2.45, 2.75) is 38.1 Å². The van der Waals surface area contributed by atoms with E-state index < -0.39 is 11.7 Å². The molecule has 0 amide bonds. The lowest BCUT2D eigenvalue weighted by Gasteiger charge is -2.10. The van der Waals surface area contributed by atoms with Crippen molar-refractivity contribution >= 4 is 12.2 Å². The first-order valence-corrected chi connectivity index (χ1v) is 8.97. The highest BCUT2D eigenvalue weighted by Gasteiger charge is 2.29. The van der Waals surface area contributed by atoms with Gasteiger partial charge < -0.3 is 14.3 Å². The number of nitrogens with zero attached hydrogens (tertiary/aromatic N) is 2. The molecule has 0 N–H and O–H groups in total. The molecule has 29 heavy (non-hydrogen) atoms. The summed E-state index contributed by atoms with van der Waals surface area (Å²) in [6.07, 6.45) is 0.145. The summed E-state index contributed by atoms with van der Waals surface area (Å²) in [4.78, 5) is 20.3. The zero-order chi connectivity index (χ0) is 20.7. The van der Waals surface area contributed by atoms with Gasteiger partial charge in [-0.15, -0.1) is 0 Å². The molecule has 1 saturated heterocycles. The molecule has 1 aromatic heterocycles. The molecule has 154 valence electrons. The summed E-state index contributed by atoms with van der Waals surface area (Å²) in [5.41, 5.74) is 0.770. The van der Waals surface area contributed by atoms with E-state index in [9.17, 15) is 18.0 Å². The number of aromatic nitrogens is 1. The predicted octanol–water partition coefficient (Wildman–Crippen LogP) is 3.93. The van der Waals surface area contributed by atoms with Crippen LogP contribution in [0.3, 0.4) is 0 Å². The number of alkyl halides is 3. The minimum absolute atomic E-state index is 0.0748. The second kappa shape index (κ2) is 9.40. The molecule has 1 unspecified atom stereocenters. The van der Waals surface area contributed by atoms with Gasteiger partial charge in [-0.1, -0.05) is 23.4 Å². The highest BCUT2D eigenvalue weighted by Crippen LogP contribution is 2.29. The van der Waals surface area contributed by atoms with E-state index in [1.807, 2.05) is 6.07 Å². The maximum Gasteiger partial charge on any atom is 0.416 e. The molecule has 0 aliphatic carbocycles. The van der Waals surface area contributed by atoms with E-state index in [0.29, 0.717) is 30.7 Å². The van der Waals surface area contributed by atoms with Crippen LogP contribution >= 0.6 is 0 Å². The van der Waals surface area contributed by atoms with Crippen LogP contribution in [0.15, 0.2) is 47.8 Å². The van der Waals surface area contributed by atoms with Crippen LogP contribution in [0.25, 0.3) is 0 Å². The quantitative estimate of drug-likeness (QED) is 0.376. The lowest BCUT2D eigenvalue weighted by atomic mass is 10.1. The SMILES string of the molecule is O=C1CCC(COc2ccc(CC=NOCc3ccc(C(F)(F)F)cc3)cn2)O1. The third-order valence-electron chi connectivity index (χ3n) is 4.17. The van der Waals surface area contributed by atoms with E-state index in [4.69, 9.17) is 14.3 Å². The van der Waals surface area contributed by atoms with Crippen LogP contribution in [0, 0.1) is 0 Å². The molecule has 1 aliphatic heterocycles. The number of cyclic esters (lactones) is 1. The van der Waals surface area contributed by atoms with Crippen LogP contribution in [0.1, 0.15) is 29.5 Å². The van der Waals surface area contributed by atoms with Gasteiger partial charge in [-0.25, -0.2) is 4.98 Å². The molecular weight excluding hydrogens is 389 g/mol. The molecule has 3 rings (SSSR count).